The molecule has 0 fully saturated rings. The van der Waals surface area contributed by atoms with Crippen molar-refractivity contribution in [1.82, 2.24) is 0 Å². The molecule has 0 saturated heterocycles. The number of thioether (sulfide) groups is 1. The molecule has 0 amide bonds. The molecule has 0 spiro atoms. The molecule has 0 bridgehead atoms. The van der Waals surface area contributed by atoms with Crippen molar-refractivity contribution in [2.24, 2.45) is 5.92 Å². The molecule has 1 aromatic rings. The number of carbonyl (C=O) groups is 1. The molecule has 0 saturated carbocycles. The van der Waals surface area contributed by atoms with Crippen molar-refractivity contribution in [1.29, 1.82) is 0 Å². The van der Waals surface area contributed by atoms with Crippen molar-refractivity contribution in [2.45, 2.75) is 26.0 Å². The summed E-state index contributed by atoms with van der Waals surface area (Å²) in [5.41, 5.74) is -0.0190. The summed E-state index contributed by atoms with van der Waals surface area (Å²) in [5.74, 6) is 0.749. The first-order chi connectivity index (χ1) is 8.93. The summed E-state index contributed by atoms with van der Waals surface area (Å²) in [6, 6.07) is 4.40. The Kier molecular flexibility index (Phi) is 5.82. The molecule has 6 heteroatoms. The van der Waals surface area contributed by atoms with Crippen molar-refractivity contribution in [3.8, 4) is 0 Å². The fourth-order valence-corrected chi connectivity index (χ4v) is 2.85. The van der Waals surface area contributed by atoms with Crippen LogP contribution in [0, 0.1) is 16.0 Å². The molecule has 19 heavy (non-hydrogen) atoms. The van der Waals surface area contributed by atoms with Crippen molar-refractivity contribution < 1.29 is 14.8 Å². The lowest BCUT2D eigenvalue weighted by atomic mass is 10.1. The van der Waals surface area contributed by atoms with Gasteiger partial charge in [-0.05, 0) is 23.7 Å². The van der Waals surface area contributed by atoms with Crippen LogP contribution in [0.5, 0.6) is 0 Å². The van der Waals surface area contributed by atoms with Gasteiger partial charge in [0, 0.05) is 11.8 Å². The van der Waals surface area contributed by atoms with Gasteiger partial charge in [0.25, 0.3) is 5.69 Å². The fourth-order valence-electron chi connectivity index (χ4n) is 1.61. The minimum atomic E-state index is -1.24. The van der Waals surface area contributed by atoms with E-state index >= 15 is 0 Å². The van der Waals surface area contributed by atoms with E-state index in [4.69, 9.17) is 5.11 Å². The van der Waals surface area contributed by atoms with Gasteiger partial charge in [-0.2, -0.15) is 11.8 Å². The second-order valence-corrected chi connectivity index (χ2v) is 5.71. The molecule has 0 aliphatic heterocycles. The first kappa shape index (κ1) is 15.5. The number of nitro benzene ring substituents is 1. The Hall–Kier alpha value is -1.56. The predicted octanol–water partition coefficient (Wildman–Crippen LogP) is 3.57. The number of aromatic carboxylic acids is 1. The monoisotopic (exact) mass is 283 g/mol. The molecule has 1 aromatic carbocycles. The van der Waals surface area contributed by atoms with E-state index in [1.807, 2.05) is 0 Å². The molecule has 0 radical (unpaired) electrons. The number of hydrogen-bond donors (Lipinski definition) is 1. The standard InChI is InChI=1S/C13H17NO4S/c1-9(2)6-7-19-8-10-4-3-5-11(14(17)18)12(10)13(15)16/h3-5,9H,6-8H2,1-2H3,(H,15,16). The maximum Gasteiger partial charge on any atom is 0.343 e. The van der Waals surface area contributed by atoms with Crippen LogP contribution < -0.4 is 0 Å². The Bertz CT molecular complexity index is 474. The SMILES string of the molecule is CC(C)CCSCc1cccc([N+](=O)[O-])c1C(=O)O. The average molecular weight is 283 g/mol. The second kappa shape index (κ2) is 7.13. The molecular weight excluding hydrogens is 266 g/mol. The highest BCUT2D eigenvalue weighted by molar-refractivity contribution is 7.98. The van der Waals surface area contributed by atoms with Crippen LogP contribution in [0.15, 0.2) is 18.2 Å². The Morgan fingerprint density at radius 1 is 1.47 bits per heavy atom. The summed E-state index contributed by atoms with van der Waals surface area (Å²) in [6.45, 7) is 4.24. The minimum Gasteiger partial charge on any atom is -0.477 e. The van der Waals surface area contributed by atoms with Crippen LogP contribution in [0.2, 0.25) is 0 Å². The molecule has 1 rings (SSSR count). The number of benzene rings is 1. The van der Waals surface area contributed by atoms with E-state index in [1.54, 1.807) is 17.8 Å². The first-order valence-electron chi connectivity index (χ1n) is 6.00. The van der Waals surface area contributed by atoms with Gasteiger partial charge in [-0.15, -0.1) is 0 Å². The summed E-state index contributed by atoms with van der Waals surface area (Å²) >= 11 is 1.60. The van der Waals surface area contributed by atoms with Crippen molar-refractivity contribution >= 4 is 23.4 Å². The molecule has 1 N–H and O–H groups in total. The van der Waals surface area contributed by atoms with Crippen LogP contribution in [0.4, 0.5) is 5.69 Å². The molecule has 5 nitrogen and oxygen atoms in total. The molecule has 0 unspecified atom stereocenters. The predicted molar refractivity (Wildman–Crippen MR) is 75.7 cm³/mol. The summed E-state index contributed by atoms with van der Waals surface area (Å²) in [6.07, 6.45) is 1.04. The highest BCUT2D eigenvalue weighted by Crippen LogP contribution is 2.26. The topological polar surface area (TPSA) is 80.4 Å². The van der Waals surface area contributed by atoms with Crippen LogP contribution in [0.1, 0.15) is 36.2 Å². The summed E-state index contributed by atoms with van der Waals surface area (Å²) in [7, 11) is 0. The highest BCUT2D eigenvalue weighted by Gasteiger charge is 2.22. The van der Waals surface area contributed by atoms with Crippen molar-refractivity contribution in [3.63, 3.8) is 0 Å². The maximum atomic E-state index is 11.2. The maximum absolute atomic E-state index is 11.2. The molecule has 0 aromatic heterocycles. The third-order valence-electron chi connectivity index (χ3n) is 2.64. The zero-order chi connectivity index (χ0) is 14.4. The molecular formula is C13H17NO4S. The Morgan fingerprint density at radius 3 is 2.68 bits per heavy atom. The quantitative estimate of drug-likeness (QED) is 0.470. The number of rotatable bonds is 7. The zero-order valence-electron chi connectivity index (χ0n) is 11.0. The molecule has 0 heterocycles. The van der Waals surface area contributed by atoms with Crippen LogP contribution in [-0.2, 0) is 5.75 Å². The third-order valence-corrected chi connectivity index (χ3v) is 3.68. The van der Waals surface area contributed by atoms with Crippen LogP contribution >= 0.6 is 11.8 Å². The highest BCUT2D eigenvalue weighted by atomic mass is 32.2. The number of hydrogen-bond acceptors (Lipinski definition) is 4. The van der Waals surface area contributed by atoms with E-state index in [-0.39, 0.29) is 11.3 Å². The van der Waals surface area contributed by atoms with Gasteiger partial charge in [0.05, 0.1) is 4.92 Å². The Morgan fingerprint density at radius 2 is 2.16 bits per heavy atom. The van der Waals surface area contributed by atoms with E-state index < -0.39 is 10.9 Å². The first-order valence-corrected chi connectivity index (χ1v) is 7.16. The van der Waals surface area contributed by atoms with Gasteiger partial charge in [0.2, 0.25) is 0 Å². The zero-order valence-corrected chi connectivity index (χ0v) is 11.8. The van der Waals surface area contributed by atoms with Gasteiger partial charge in [-0.25, -0.2) is 4.79 Å². The third kappa shape index (κ3) is 4.55. The number of carboxylic acids is 1. The van der Waals surface area contributed by atoms with E-state index in [0.717, 1.165) is 12.2 Å². The van der Waals surface area contributed by atoms with Crippen molar-refractivity contribution in [2.75, 3.05) is 5.75 Å². The van der Waals surface area contributed by atoms with Gasteiger partial charge >= 0.3 is 5.97 Å². The second-order valence-electron chi connectivity index (χ2n) is 4.61. The van der Waals surface area contributed by atoms with Gasteiger partial charge in [-0.3, -0.25) is 10.1 Å². The summed E-state index contributed by atoms with van der Waals surface area (Å²) in [4.78, 5) is 21.4. The summed E-state index contributed by atoms with van der Waals surface area (Å²) in [5, 5.41) is 20.0. The lowest BCUT2D eigenvalue weighted by Gasteiger charge is -2.07. The smallest absolute Gasteiger partial charge is 0.343 e. The lowest BCUT2D eigenvalue weighted by Crippen LogP contribution is -2.06. The van der Waals surface area contributed by atoms with E-state index in [1.165, 1.54) is 12.1 Å². The van der Waals surface area contributed by atoms with E-state index in [2.05, 4.69) is 13.8 Å². The number of nitrogens with zero attached hydrogens (tertiary/aromatic N) is 1. The van der Waals surface area contributed by atoms with Crippen LogP contribution in [-0.4, -0.2) is 21.8 Å². The van der Waals surface area contributed by atoms with E-state index in [9.17, 15) is 14.9 Å². The largest absolute Gasteiger partial charge is 0.477 e. The molecule has 0 aliphatic carbocycles. The van der Waals surface area contributed by atoms with Gasteiger partial charge in [0.15, 0.2) is 0 Å². The van der Waals surface area contributed by atoms with Gasteiger partial charge in [0.1, 0.15) is 5.56 Å². The van der Waals surface area contributed by atoms with Crippen LogP contribution in [0.3, 0.4) is 0 Å². The molecule has 104 valence electrons. The molecule has 0 atom stereocenters. The number of carboxylic acid groups (broad SMARTS) is 1. The van der Waals surface area contributed by atoms with E-state index in [0.29, 0.717) is 17.2 Å². The number of nitro groups is 1. The summed E-state index contributed by atoms with van der Waals surface area (Å²) < 4.78 is 0. The average Bonchev–Trinajstić information content (AvgIpc) is 2.33. The Labute approximate surface area is 116 Å². The normalized spacial score (nSPS) is 10.7. The van der Waals surface area contributed by atoms with Crippen LogP contribution in [0.25, 0.3) is 0 Å². The Balaban J connectivity index is 2.85. The molecule has 0 aliphatic rings. The van der Waals surface area contributed by atoms with Gasteiger partial charge < -0.3 is 5.11 Å². The van der Waals surface area contributed by atoms with Crippen molar-refractivity contribution in [3.05, 3.63) is 39.4 Å². The lowest BCUT2D eigenvalue weighted by molar-refractivity contribution is -0.385. The van der Waals surface area contributed by atoms with Gasteiger partial charge in [-0.1, -0.05) is 26.0 Å². The minimum absolute atomic E-state index is 0.190. The fraction of sp³-hybridized carbons (Fsp3) is 0.462.